The zero-order valence-electron chi connectivity index (χ0n) is 8.80. The average molecular weight is 258 g/mol. The van der Waals surface area contributed by atoms with Gasteiger partial charge in [0.05, 0.1) is 11.6 Å². The fourth-order valence-electron chi connectivity index (χ4n) is 1.31. The Bertz CT molecular complexity index is 301. The Morgan fingerprint density at radius 1 is 1.50 bits per heavy atom. The Morgan fingerprint density at radius 3 is 2.71 bits per heavy atom. The molecular formula is C11H16BrNO. The van der Waals surface area contributed by atoms with Crippen molar-refractivity contribution in [1.82, 2.24) is 5.32 Å². The van der Waals surface area contributed by atoms with E-state index >= 15 is 0 Å². The molecule has 0 spiro atoms. The molecule has 0 bridgehead atoms. The van der Waals surface area contributed by atoms with Crippen LogP contribution in [-0.4, -0.2) is 13.7 Å². The van der Waals surface area contributed by atoms with E-state index in [1.165, 1.54) is 11.1 Å². The second kappa shape index (κ2) is 5.37. The molecule has 2 nitrogen and oxygen atoms in total. The summed E-state index contributed by atoms with van der Waals surface area (Å²) in [6.07, 6.45) is 0. The first-order chi connectivity index (χ1) is 6.69. The van der Waals surface area contributed by atoms with Crippen LogP contribution in [0, 0.1) is 6.92 Å². The fourth-order valence-corrected chi connectivity index (χ4v) is 1.60. The number of hydrogen-bond acceptors (Lipinski definition) is 2. The quantitative estimate of drug-likeness (QED) is 0.662. The number of halogens is 1. The third kappa shape index (κ3) is 2.72. The van der Waals surface area contributed by atoms with Gasteiger partial charge in [-0.3, -0.25) is 0 Å². The predicted octanol–water partition coefficient (Wildman–Crippen LogP) is 3.01. The van der Waals surface area contributed by atoms with Crippen molar-refractivity contribution in [3.63, 3.8) is 0 Å². The predicted molar refractivity (Wildman–Crippen MR) is 63.1 cm³/mol. The van der Waals surface area contributed by atoms with E-state index in [-0.39, 0.29) is 4.95 Å². The molecule has 1 aromatic rings. The minimum Gasteiger partial charge on any atom is -0.494 e. The summed E-state index contributed by atoms with van der Waals surface area (Å²) in [5, 5.41) is 3.14. The van der Waals surface area contributed by atoms with Crippen LogP contribution in [-0.2, 0) is 0 Å². The molecular weight excluding hydrogens is 242 g/mol. The summed E-state index contributed by atoms with van der Waals surface area (Å²) >= 11 is 3.53. The molecule has 0 saturated heterocycles. The molecule has 0 saturated carbocycles. The van der Waals surface area contributed by atoms with E-state index in [1.54, 1.807) is 0 Å². The molecule has 0 aliphatic carbocycles. The van der Waals surface area contributed by atoms with Gasteiger partial charge < -0.3 is 10.1 Å². The molecule has 1 rings (SSSR count). The van der Waals surface area contributed by atoms with Crippen LogP contribution >= 0.6 is 15.9 Å². The summed E-state index contributed by atoms with van der Waals surface area (Å²) < 4.78 is 5.47. The molecule has 0 aromatic heterocycles. The zero-order valence-corrected chi connectivity index (χ0v) is 10.4. The van der Waals surface area contributed by atoms with Gasteiger partial charge in [0.2, 0.25) is 0 Å². The number of nitrogens with one attached hydrogen (secondary N) is 1. The summed E-state index contributed by atoms with van der Waals surface area (Å²) in [7, 11) is 1.92. The highest BCUT2D eigenvalue weighted by Gasteiger charge is 2.06. The third-order valence-corrected chi connectivity index (χ3v) is 3.03. The number of rotatable bonds is 4. The van der Waals surface area contributed by atoms with Crippen LogP contribution in [0.5, 0.6) is 5.75 Å². The first kappa shape index (κ1) is 11.5. The monoisotopic (exact) mass is 257 g/mol. The highest BCUT2D eigenvalue weighted by Crippen LogP contribution is 2.25. The average Bonchev–Trinajstić information content (AvgIpc) is 2.20. The molecule has 78 valence electrons. The summed E-state index contributed by atoms with van der Waals surface area (Å²) in [6.45, 7) is 4.77. The summed E-state index contributed by atoms with van der Waals surface area (Å²) in [5.74, 6) is 0.965. The molecule has 0 aliphatic rings. The standard InChI is InChI=1S/C11H16BrNO/c1-4-14-10-6-5-9(7-8(10)2)11(12)13-3/h5-7,11,13H,4H2,1-3H3. The minimum atomic E-state index is 0.205. The normalized spacial score (nSPS) is 12.6. The molecule has 1 atom stereocenters. The van der Waals surface area contributed by atoms with Gasteiger partial charge in [-0.1, -0.05) is 22.0 Å². The number of benzene rings is 1. The maximum atomic E-state index is 5.47. The van der Waals surface area contributed by atoms with E-state index < -0.39 is 0 Å². The molecule has 0 fully saturated rings. The molecule has 3 heteroatoms. The first-order valence-electron chi connectivity index (χ1n) is 4.73. The molecule has 0 amide bonds. The van der Waals surface area contributed by atoms with Crippen molar-refractivity contribution in [3.05, 3.63) is 29.3 Å². The zero-order chi connectivity index (χ0) is 10.6. The number of alkyl halides is 1. The molecule has 0 aliphatic heterocycles. The Kier molecular flexibility index (Phi) is 4.42. The molecule has 1 unspecified atom stereocenters. The van der Waals surface area contributed by atoms with Crippen molar-refractivity contribution in [1.29, 1.82) is 0 Å². The van der Waals surface area contributed by atoms with Crippen molar-refractivity contribution in [3.8, 4) is 5.75 Å². The van der Waals surface area contributed by atoms with Crippen molar-refractivity contribution in [2.45, 2.75) is 18.8 Å². The molecule has 1 N–H and O–H groups in total. The van der Waals surface area contributed by atoms with E-state index in [4.69, 9.17) is 4.74 Å². The van der Waals surface area contributed by atoms with Gasteiger partial charge in [-0.15, -0.1) is 0 Å². The summed E-state index contributed by atoms with van der Waals surface area (Å²) in [4.78, 5) is 0.205. The third-order valence-electron chi connectivity index (χ3n) is 2.04. The van der Waals surface area contributed by atoms with Crippen LogP contribution in [0.4, 0.5) is 0 Å². The summed E-state index contributed by atoms with van der Waals surface area (Å²) in [5.41, 5.74) is 2.39. The van der Waals surface area contributed by atoms with Gasteiger partial charge in [0.15, 0.2) is 0 Å². The smallest absolute Gasteiger partial charge is 0.122 e. The van der Waals surface area contributed by atoms with Crippen LogP contribution < -0.4 is 10.1 Å². The van der Waals surface area contributed by atoms with E-state index in [0.717, 1.165) is 5.75 Å². The second-order valence-corrected chi connectivity index (χ2v) is 4.02. The van der Waals surface area contributed by atoms with Crippen molar-refractivity contribution >= 4 is 15.9 Å². The first-order valence-corrected chi connectivity index (χ1v) is 5.65. The number of aryl methyl sites for hydroxylation is 1. The number of ether oxygens (including phenoxy) is 1. The van der Waals surface area contributed by atoms with Crippen LogP contribution in [0.2, 0.25) is 0 Å². The van der Waals surface area contributed by atoms with E-state index in [1.807, 2.05) is 20.0 Å². The lowest BCUT2D eigenvalue weighted by molar-refractivity contribution is 0.338. The van der Waals surface area contributed by atoms with Crippen LogP contribution in [0.3, 0.4) is 0 Å². The van der Waals surface area contributed by atoms with Crippen LogP contribution in [0.25, 0.3) is 0 Å². The largest absolute Gasteiger partial charge is 0.494 e. The lowest BCUT2D eigenvalue weighted by Gasteiger charge is -2.12. The molecule has 14 heavy (non-hydrogen) atoms. The van der Waals surface area contributed by atoms with Crippen LogP contribution in [0.1, 0.15) is 23.0 Å². The second-order valence-electron chi connectivity index (χ2n) is 3.11. The minimum absolute atomic E-state index is 0.205. The highest BCUT2D eigenvalue weighted by atomic mass is 79.9. The maximum absolute atomic E-state index is 5.47. The molecule has 0 radical (unpaired) electrons. The van der Waals surface area contributed by atoms with Gasteiger partial charge in [0.1, 0.15) is 5.75 Å². The Labute approximate surface area is 93.8 Å². The van der Waals surface area contributed by atoms with Gasteiger partial charge in [-0.05, 0) is 44.2 Å². The van der Waals surface area contributed by atoms with Crippen LogP contribution in [0.15, 0.2) is 18.2 Å². The van der Waals surface area contributed by atoms with Gasteiger partial charge in [-0.2, -0.15) is 0 Å². The van der Waals surface area contributed by atoms with Gasteiger partial charge in [0.25, 0.3) is 0 Å². The highest BCUT2D eigenvalue weighted by molar-refractivity contribution is 9.09. The van der Waals surface area contributed by atoms with E-state index in [9.17, 15) is 0 Å². The SMILES string of the molecule is CCOc1ccc(C(Br)NC)cc1C. The Hall–Kier alpha value is -0.540. The summed E-state index contributed by atoms with van der Waals surface area (Å²) in [6, 6.07) is 6.20. The van der Waals surface area contributed by atoms with E-state index in [0.29, 0.717) is 6.61 Å². The van der Waals surface area contributed by atoms with Gasteiger partial charge >= 0.3 is 0 Å². The number of hydrogen-bond donors (Lipinski definition) is 1. The maximum Gasteiger partial charge on any atom is 0.122 e. The molecule has 0 heterocycles. The van der Waals surface area contributed by atoms with Gasteiger partial charge in [0, 0.05) is 0 Å². The van der Waals surface area contributed by atoms with Gasteiger partial charge in [-0.25, -0.2) is 0 Å². The Balaban J connectivity index is 2.88. The fraction of sp³-hybridized carbons (Fsp3) is 0.455. The van der Waals surface area contributed by atoms with E-state index in [2.05, 4.69) is 40.3 Å². The lowest BCUT2D eigenvalue weighted by Crippen LogP contribution is -2.09. The Morgan fingerprint density at radius 2 is 2.21 bits per heavy atom. The topological polar surface area (TPSA) is 21.3 Å². The van der Waals surface area contributed by atoms with Crippen molar-refractivity contribution < 1.29 is 4.74 Å². The van der Waals surface area contributed by atoms with Crippen molar-refractivity contribution in [2.24, 2.45) is 0 Å². The molecule has 1 aromatic carbocycles. The lowest BCUT2D eigenvalue weighted by atomic mass is 10.1. The van der Waals surface area contributed by atoms with Crippen molar-refractivity contribution in [2.75, 3.05) is 13.7 Å².